The minimum atomic E-state index is -0.306. The number of benzene rings is 1. The van der Waals surface area contributed by atoms with Gasteiger partial charge in [0.1, 0.15) is 24.5 Å². The molecule has 0 unspecified atom stereocenters. The van der Waals surface area contributed by atoms with Crippen molar-refractivity contribution in [3.8, 4) is 5.75 Å². The van der Waals surface area contributed by atoms with Crippen molar-refractivity contribution in [1.82, 2.24) is 14.8 Å². The van der Waals surface area contributed by atoms with Crippen molar-refractivity contribution < 1.29 is 9.13 Å². The number of hydrogen-bond acceptors (Lipinski definition) is 3. The molecule has 18 heavy (non-hydrogen) atoms. The lowest BCUT2D eigenvalue weighted by Crippen LogP contribution is -2.10. The quantitative estimate of drug-likeness (QED) is 0.869. The second-order valence-corrected chi connectivity index (χ2v) is 4.93. The molecule has 2 rings (SSSR count). The van der Waals surface area contributed by atoms with Crippen molar-refractivity contribution in [2.24, 2.45) is 0 Å². The van der Waals surface area contributed by atoms with Gasteiger partial charge in [-0.2, -0.15) is 5.10 Å². The van der Waals surface area contributed by atoms with Gasteiger partial charge in [-0.3, -0.25) is 0 Å². The highest BCUT2D eigenvalue weighted by molar-refractivity contribution is 9.10. The lowest BCUT2D eigenvalue weighted by atomic mass is 10.3. The first-order valence-electron chi connectivity index (χ1n) is 5.54. The Balaban J connectivity index is 2.09. The molecule has 96 valence electrons. The summed E-state index contributed by atoms with van der Waals surface area (Å²) in [5, 5.41) is 4.12. The van der Waals surface area contributed by atoms with Gasteiger partial charge in [0.25, 0.3) is 0 Å². The molecule has 1 aromatic heterocycles. The van der Waals surface area contributed by atoms with Gasteiger partial charge in [-0.1, -0.05) is 0 Å². The first kappa shape index (κ1) is 13.0. The predicted molar refractivity (Wildman–Crippen MR) is 68.8 cm³/mol. The summed E-state index contributed by atoms with van der Waals surface area (Å²) >= 11 is 3.25. The Labute approximate surface area is 113 Å². The minimum absolute atomic E-state index is 0.225. The van der Waals surface area contributed by atoms with Crippen LogP contribution in [-0.2, 0) is 6.61 Å². The zero-order valence-corrected chi connectivity index (χ0v) is 11.7. The first-order valence-corrected chi connectivity index (χ1v) is 6.33. The van der Waals surface area contributed by atoms with Crippen molar-refractivity contribution >= 4 is 15.9 Å². The van der Waals surface area contributed by atoms with Crippen LogP contribution in [0.4, 0.5) is 4.39 Å². The van der Waals surface area contributed by atoms with E-state index in [4.69, 9.17) is 4.74 Å². The van der Waals surface area contributed by atoms with Gasteiger partial charge in [0.2, 0.25) is 0 Å². The molecule has 0 fully saturated rings. The van der Waals surface area contributed by atoms with E-state index in [1.807, 2.05) is 13.8 Å². The first-order chi connectivity index (χ1) is 8.58. The van der Waals surface area contributed by atoms with E-state index in [9.17, 15) is 4.39 Å². The minimum Gasteiger partial charge on any atom is -0.484 e. The third-order valence-electron chi connectivity index (χ3n) is 2.39. The van der Waals surface area contributed by atoms with Gasteiger partial charge in [0.05, 0.1) is 4.47 Å². The molecule has 0 radical (unpaired) electrons. The fourth-order valence-corrected chi connectivity index (χ4v) is 2.01. The number of halogens is 2. The van der Waals surface area contributed by atoms with Gasteiger partial charge in [0, 0.05) is 6.04 Å². The van der Waals surface area contributed by atoms with Crippen molar-refractivity contribution in [3.05, 3.63) is 40.6 Å². The van der Waals surface area contributed by atoms with E-state index in [1.54, 1.807) is 10.7 Å². The van der Waals surface area contributed by atoms with Crippen molar-refractivity contribution in [3.63, 3.8) is 0 Å². The van der Waals surface area contributed by atoms with Crippen LogP contribution >= 0.6 is 15.9 Å². The molecule has 0 saturated carbocycles. The molecule has 0 saturated heterocycles. The maximum Gasteiger partial charge on any atom is 0.165 e. The van der Waals surface area contributed by atoms with Crippen molar-refractivity contribution in [1.29, 1.82) is 0 Å². The molecule has 4 nitrogen and oxygen atoms in total. The van der Waals surface area contributed by atoms with E-state index in [2.05, 4.69) is 26.0 Å². The topological polar surface area (TPSA) is 39.9 Å². The summed E-state index contributed by atoms with van der Waals surface area (Å²) in [5.41, 5.74) is 0. The molecule has 0 aliphatic carbocycles. The molecule has 0 atom stereocenters. The number of aromatic nitrogens is 3. The lowest BCUT2D eigenvalue weighted by Gasteiger charge is -2.11. The van der Waals surface area contributed by atoms with Gasteiger partial charge in [-0.25, -0.2) is 14.1 Å². The second-order valence-electron chi connectivity index (χ2n) is 4.08. The van der Waals surface area contributed by atoms with E-state index in [0.29, 0.717) is 16.8 Å². The summed E-state index contributed by atoms with van der Waals surface area (Å²) in [6, 6.07) is 4.52. The average Bonchev–Trinajstić information content (AvgIpc) is 2.76. The van der Waals surface area contributed by atoms with Gasteiger partial charge in [-0.15, -0.1) is 0 Å². The molecule has 0 bridgehead atoms. The molecule has 1 heterocycles. The van der Waals surface area contributed by atoms with E-state index in [-0.39, 0.29) is 11.9 Å². The maximum atomic E-state index is 12.9. The Kier molecular flexibility index (Phi) is 3.96. The van der Waals surface area contributed by atoms with Crippen LogP contribution in [0.5, 0.6) is 5.75 Å². The Morgan fingerprint density at radius 2 is 2.22 bits per heavy atom. The maximum absolute atomic E-state index is 12.9. The molecule has 2 aromatic rings. The van der Waals surface area contributed by atoms with Crippen LogP contribution in [-0.4, -0.2) is 14.8 Å². The second kappa shape index (κ2) is 5.48. The molecule has 0 aliphatic rings. The normalized spacial score (nSPS) is 10.9. The number of ether oxygens (including phenoxy) is 1. The predicted octanol–water partition coefficient (Wildman–Crippen LogP) is 3.34. The largest absolute Gasteiger partial charge is 0.484 e. The molecular formula is C12H13BrFN3O. The number of nitrogens with zero attached hydrogens (tertiary/aromatic N) is 3. The molecule has 6 heteroatoms. The lowest BCUT2D eigenvalue weighted by molar-refractivity contribution is 0.280. The van der Waals surface area contributed by atoms with Gasteiger partial charge in [0.15, 0.2) is 5.82 Å². The number of hydrogen-bond donors (Lipinski definition) is 0. The number of rotatable bonds is 4. The van der Waals surface area contributed by atoms with Gasteiger partial charge >= 0.3 is 0 Å². The van der Waals surface area contributed by atoms with E-state index in [1.165, 1.54) is 18.5 Å². The van der Waals surface area contributed by atoms with E-state index in [0.717, 1.165) is 5.82 Å². The Morgan fingerprint density at radius 1 is 1.44 bits per heavy atom. The standard InChI is InChI=1S/C12H13BrFN3O/c1-8(2)17-12(15-7-16-17)6-18-11-4-3-9(14)5-10(11)13/h3-5,7-8H,6H2,1-2H3. The van der Waals surface area contributed by atoms with Gasteiger partial charge < -0.3 is 4.74 Å². The molecule has 1 aromatic carbocycles. The monoisotopic (exact) mass is 313 g/mol. The van der Waals surface area contributed by atoms with Crippen LogP contribution < -0.4 is 4.74 Å². The molecule has 0 N–H and O–H groups in total. The van der Waals surface area contributed by atoms with Crippen LogP contribution in [0.3, 0.4) is 0 Å². The molecule has 0 aliphatic heterocycles. The highest BCUT2D eigenvalue weighted by Gasteiger charge is 2.09. The summed E-state index contributed by atoms with van der Waals surface area (Å²) in [4.78, 5) is 4.14. The molecule has 0 amide bonds. The third kappa shape index (κ3) is 2.87. The summed E-state index contributed by atoms with van der Waals surface area (Å²) in [6.45, 7) is 4.33. The fourth-order valence-electron chi connectivity index (χ4n) is 1.54. The highest BCUT2D eigenvalue weighted by atomic mass is 79.9. The highest BCUT2D eigenvalue weighted by Crippen LogP contribution is 2.26. The smallest absolute Gasteiger partial charge is 0.165 e. The summed E-state index contributed by atoms with van der Waals surface area (Å²) < 4.78 is 20.9. The van der Waals surface area contributed by atoms with Crippen LogP contribution in [0.1, 0.15) is 25.7 Å². The van der Waals surface area contributed by atoms with Crippen LogP contribution in [0.15, 0.2) is 29.0 Å². The van der Waals surface area contributed by atoms with Crippen LogP contribution in [0, 0.1) is 5.82 Å². The van der Waals surface area contributed by atoms with Gasteiger partial charge in [-0.05, 0) is 48.0 Å². The summed E-state index contributed by atoms with van der Waals surface area (Å²) in [5.74, 6) is 1.01. The SMILES string of the molecule is CC(C)n1ncnc1COc1ccc(F)cc1Br. The van der Waals surface area contributed by atoms with Crippen molar-refractivity contribution in [2.45, 2.75) is 26.5 Å². The molecule has 0 spiro atoms. The molecular weight excluding hydrogens is 301 g/mol. The van der Waals surface area contributed by atoms with E-state index < -0.39 is 0 Å². The van der Waals surface area contributed by atoms with Crippen molar-refractivity contribution in [2.75, 3.05) is 0 Å². The van der Waals surface area contributed by atoms with Crippen LogP contribution in [0.2, 0.25) is 0 Å². The summed E-state index contributed by atoms with van der Waals surface area (Å²) in [7, 11) is 0. The zero-order chi connectivity index (χ0) is 13.1. The fraction of sp³-hybridized carbons (Fsp3) is 0.333. The average molecular weight is 314 g/mol. The zero-order valence-electron chi connectivity index (χ0n) is 10.1. The van der Waals surface area contributed by atoms with E-state index >= 15 is 0 Å². The third-order valence-corrected chi connectivity index (χ3v) is 3.01. The Bertz CT molecular complexity index is 542. The summed E-state index contributed by atoms with van der Waals surface area (Å²) in [6.07, 6.45) is 1.50. The Morgan fingerprint density at radius 3 is 2.89 bits per heavy atom. The van der Waals surface area contributed by atoms with Crippen LogP contribution in [0.25, 0.3) is 0 Å². The Hall–Kier alpha value is -1.43.